The quantitative estimate of drug-likeness (QED) is 0.374. The van der Waals surface area contributed by atoms with E-state index in [1.165, 1.54) is 0 Å². The van der Waals surface area contributed by atoms with Gasteiger partial charge in [-0.3, -0.25) is 0 Å². The molecule has 0 fully saturated rings. The van der Waals surface area contributed by atoms with Crippen molar-refractivity contribution in [2.45, 2.75) is 59.8 Å². The second kappa shape index (κ2) is 13.8. The predicted molar refractivity (Wildman–Crippen MR) is 87.4 cm³/mol. The van der Waals surface area contributed by atoms with E-state index >= 15 is 0 Å². The molecule has 0 aromatic heterocycles. The van der Waals surface area contributed by atoms with Crippen molar-refractivity contribution in [1.29, 1.82) is 5.26 Å². The Morgan fingerprint density at radius 1 is 0.850 bits per heavy atom. The molecule has 20 heavy (non-hydrogen) atoms. The summed E-state index contributed by atoms with van der Waals surface area (Å²) in [6, 6.07) is 2.18. The van der Waals surface area contributed by atoms with Crippen LogP contribution in [0, 0.1) is 11.3 Å². The maximum Gasteiger partial charge on any atom is 0.187 e. The van der Waals surface area contributed by atoms with Gasteiger partial charge in [0.05, 0.1) is 19.1 Å². The first kappa shape index (κ1) is 19.8. The molecule has 4 nitrogen and oxygen atoms in total. The first-order valence-electron chi connectivity index (χ1n) is 8.04. The Bertz CT molecular complexity index is 230. The number of hydrogen-bond acceptors (Lipinski definition) is 4. The summed E-state index contributed by atoms with van der Waals surface area (Å²) in [5.41, 5.74) is 0. The van der Waals surface area contributed by atoms with Crippen LogP contribution in [0.15, 0.2) is 0 Å². The molecule has 0 spiro atoms. The Hall–Kier alpha value is -0.200. The fourth-order valence-corrected chi connectivity index (χ4v) is 4.54. The summed E-state index contributed by atoms with van der Waals surface area (Å²) in [7, 11) is -0.707. The third-order valence-electron chi connectivity index (χ3n) is 2.83. The van der Waals surface area contributed by atoms with Crippen molar-refractivity contribution < 1.29 is 4.52 Å². The van der Waals surface area contributed by atoms with Gasteiger partial charge in [0.25, 0.3) is 0 Å². The molecule has 0 aliphatic rings. The highest BCUT2D eigenvalue weighted by Crippen LogP contribution is 2.46. The fraction of sp³-hybridized carbons (Fsp3) is 0.933. The zero-order chi connectivity index (χ0) is 15.2. The minimum atomic E-state index is -0.707. The van der Waals surface area contributed by atoms with Crippen LogP contribution in [0.1, 0.15) is 59.8 Å². The van der Waals surface area contributed by atoms with Gasteiger partial charge >= 0.3 is 0 Å². The zero-order valence-electron chi connectivity index (χ0n) is 13.8. The molecule has 0 unspecified atom stereocenters. The lowest BCUT2D eigenvalue weighted by Gasteiger charge is -2.37. The van der Waals surface area contributed by atoms with Gasteiger partial charge < -0.3 is 4.52 Å². The van der Waals surface area contributed by atoms with Crippen molar-refractivity contribution in [2.24, 2.45) is 0 Å². The van der Waals surface area contributed by atoms with Crippen LogP contribution in [0.3, 0.4) is 0 Å². The molecular weight excluding hydrogens is 269 g/mol. The predicted octanol–water partition coefficient (Wildman–Crippen LogP) is 4.39. The highest BCUT2D eigenvalue weighted by molar-refractivity contribution is 7.47. The molecule has 0 saturated heterocycles. The lowest BCUT2D eigenvalue weighted by atomic mass is 10.4. The minimum absolute atomic E-state index is 0.483. The van der Waals surface area contributed by atoms with Crippen LogP contribution in [0.4, 0.5) is 0 Å². The Morgan fingerprint density at radius 3 is 1.55 bits per heavy atom. The van der Waals surface area contributed by atoms with Crippen LogP contribution in [-0.2, 0) is 4.52 Å². The van der Waals surface area contributed by atoms with Gasteiger partial charge in [0.1, 0.15) is 0 Å². The summed E-state index contributed by atoms with van der Waals surface area (Å²) in [5, 5.41) is 8.72. The average molecular weight is 301 g/mol. The van der Waals surface area contributed by atoms with E-state index in [2.05, 4.69) is 43.1 Å². The zero-order valence-corrected chi connectivity index (χ0v) is 14.7. The van der Waals surface area contributed by atoms with Crippen molar-refractivity contribution in [1.82, 2.24) is 9.34 Å². The van der Waals surface area contributed by atoms with Crippen LogP contribution in [0.5, 0.6) is 0 Å². The molecule has 0 aliphatic carbocycles. The Labute approximate surface area is 127 Å². The van der Waals surface area contributed by atoms with Crippen molar-refractivity contribution in [2.75, 3.05) is 32.8 Å². The van der Waals surface area contributed by atoms with Crippen molar-refractivity contribution in [3.8, 4) is 6.07 Å². The monoisotopic (exact) mass is 301 g/mol. The van der Waals surface area contributed by atoms with Crippen LogP contribution in [0.2, 0.25) is 0 Å². The molecule has 0 N–H and O–H groups in total. The second-order valence-electron chi connectivity index (χ2n) is 4.90. The first-order chi connectivity index (χ1) is 9.74. The first-order valence-corrected chi connectivity index (χ1v) is 9.21. The number of nitrogens with zero attached hydrogens (tertiary/aromatic N) is 3. The summed E-state index contributed by atoms with van der Waals surface area (Å²) < 4.78 is 11.1. The maximum atomic E-state index is 8.72. The maximum absolute atomic E-state index is 8.72. The summed E-state index contributed by atoms with van der Waals surface area (Å²) in [5.74, 6) is 0. The van der Waals surface area contributed by atoms with Gasteiger partial charge in [-0.1, -0.05) is 27.7 Å². The summed E-state index contributed by atoms with van der Waals surface area (Å²) in [6.45, 7) is 13.7. The molecule has 5 heteroatoms. The molecule has 0 radical (unpaired) electrons. The molecule has 0 aromatic rings. The van der Waals surface area contributed by atoms with Gasteiger partial charge in [0, 0.05) is 26.2 Å². The fourth-order valence-electron chi connectivity index (χ4n) is 2.11. The Morgan fingerprint density at radius 2 is 1.25 bits per heavy atom. The SMILES string of the molecule is CCCN(CCC)P(OCCC#N)N(CCC)CCC. The molecule has 0 saturated carbocycles. The van der Waals surface area contributed by atoms with Gasteiger partial charge in [-0.25, -0.2) is 9.34 Å². The Kier molecular flexibility index (Phi) is 13.6. The lowest BCUT2D eigenvalue weighted by Crippen LogP contribution is -2.32. The van der Waals surface area contributed by atoms with Gasteiger partial charge in [-0.2, -0.15) is 5.26 Å². The Balaban J connectivity index is 4.81. The molecule has 0 aliphatic heterocycles. The standard InChI is InChI=1S/C15H32N3OP/c1-5-11-17(12-6-2)20(19-15-9-10-16)18(13-7-3)14-8-4/h5-9,11-15H2,1-4H3. The van der Waals surface area contributed by atoms with Crippen molar-refractivity contribution >= 4 is 8.45 Å². The van der Waals surface area contributed by atoms with Crippen molar-refractivity contribution in [3.05, 3.63) is 0 Å². The molecule has 0 rings (SSSR count). The third kappa shape index (κ3) is 8.17. The van der Waals surface area contributed by atoms with E-state index in [1.807, 2.05) is 0 Å². The van der Waals surface area contributed by atoms with Gasteiger partial charge in [-0.05, 0) is 25.7 Å². The third-order valence-corrected chi connectivity index (χ3v) is 5.01. The highest BCUT2D eigenvalue weighted by Gasteiger charge is 2.25. The van der Waals surface area contributed by atoms with E-state index in [4.69, 9.17) is 9.79 Å². The van der Waals surface area contributed by atoms with Crippen LogP contribution in [0.25, 0.3) is 0 Å². The van der Waals surface area contributed by atoms with Crippen LogP contribution >= 0.6 is 8.45 Å². The number of nitriles is 1. The van der Waals surface area contributed by atoms with E-state index in [-0.39, 0.29) is 0 Å². The van der Waals surface area contributed by atoms with Crippen molar-refractivity contribution in [3.63, 3.8) is 0 Å². The van der Waals surface area contributed by atoms with Gasteiger partial charge in [0.2, 0.25) is 0 Å². The number of rotatable bonds is 13. The summed E-state index contributed by atoms with van der Waals surface area (Å²) in [4.78, 5) is 0. The lowest BCUT2D eigenvalue weighted by molar-refractivity contribution is 0.256. The second-order valence-corrected chi connectivity index (χ2v) is 6.80. The van der Waals surface area contributed by atoms with E-state index < -0.39 is 8.45 Å². The van der Waals surface area contributed by atoms with E-state index in [0.29, 0.717) is 13.0 Å². The smallest absolute Gasteiger partial charge is 0.187 e. The molecule has 0 amide bonds. The van der Waals surface area contributed by atoms with E-state index in [1.54, 1.807) is 0 Å². The highest BCUT2D eigenvalue weighted by atomic mass is 31.2. The van der Waals surface area contributed by atoms with Crippen LogP contribution < -0.4 is 0 Å². The van der Waals surface area contributed by atoms with Gasteiger partial charge in [0.15, 0.2) is 8.45 Å². The minimum Gasteiger partial charge on any atom is -0.330 e. The molecule has 0 bridgehead atoms. The summed E-state index contributed by atoms with van der Waals surface area (Å²) in [6.07, 6.45) is 5.06. The average Bonchev–Trinajstić information content (AvgIpc) is 2.44. The number of hydrogen-bond donors (Lipinski definition) is 0. The molecular formula is C15H32N3OP. The molecule has 118 valence electrons. The molecule has 0 aromatic carbocycles. The van der Waals surface area contributed by atoms with Gasteiger partial charge in [-0.15, -0.1) is 0 Å². The van der Waals surface area contributed by atoms with E-state index in [0.717, 1.165) is 51.9 Å². The largest absolute Gasteiger partial charge is 0.330 e. The molecule has 0 atom stereocenters. The topological polar surface area (TPSA) is 39.5 Å². The molecule has 0 heterocycles. The van der Waals surface area contributed by atoms with Crippen LogP contribution in [-0.4, -0.2) is 42.1 Å². The normalized spacial score (nSPS) is 11.5. The van der Waals surface area contributed by atoms with E-state index in [9.17, 15) is 0 Å². The summed E-state index contributed by atoms with van der Waals surface area (Å²) >= 11 is 0.